The van der Waals surface area contributed by atoms with Crippen molar-refractivity contribution in [2.75, 3.05) is 18.8 Å². The van der Waals surface area contributed by atoms with Gasteiger partial charge in [-0.05, 0) is 72.9 Å². The van der Waals surface area contributed by atoms with Crippen LogP contribution >= 0.6 is 11.3 Å². The van der Waals surface area contributed by atoms with Crippen molar-refractivity contribution in [2.45, 2.75) is 37.4 Å². The molecule has 7 N–H and O–H groups in total. The normalized spacial score (nSPS) is 21.5. The zero-order valence-electron chi connectivity index (χ0n) is 23.8. The summed E-state index contributed by atoms with van der Waals surface area (Å²) in [6.45, 7) is 6.45. The molecule has 3 atom stereocenters. The summed E-state index contributed by atoms with van der Waals surface area (Å²) < 4.78 is 6.70. The first-order valence-corrected chi connectivity index (χ1v) is 15.0. The lowest BCUT2D eigenvalue weighted by atomic mass is 9.70. The zero-order valence-corrected chi connectivity index (χ0v) is 24.6. The third-order valence-electron chi connectivity index (χ3n) is 8.36. The van der Waals surface area contributed by atoms with Crippen LogP contribution < -0.4 is 27.3 Å². The number of amides is 2. The second-order valence-corrected chi connectivity index (χ2v) is 12.1. The molecule has 10 heteroatoms. The van der Waals surface area contributed by atoms with Crippen LogP contribution in [0.2, 0.25) is 0 Å². The van der Waals surface area contributed by atoms with Crippen molar-refractivity contribution < 1.29 is 19.1 Å². The second kappa shape index (κ2) is 11.0. The Hall–Kier alpha value is -4.51. The first-order chi connectivity index (χ1) is 20.6. The number of piperidine rings is 1. The fourth-order valence-electron chi connectivity index (χ4n) is 6.15. The minimum absolute atomic E-state index is 0.171. The lowest BCUT2D eigenvalue weighted by molar-refractivity contribution is -0.127. The number of ketones is 1. The highest BCUT2D eigenvalue weighted by atomic mass is 32.1. The van der Waals surface area contributed by atoms with Crippen molar-refractivity contribution in [2.24, 2.45) is 11.5 Å². The molecule has 1 aliphatic carbocycles. The predicted molar refractivity (Wildman–Crippen MR) is 168 cm³/mol. The average Bonchev–Trinajstić information content (AvgIpc) is 3.43. The minimum atomic E-state index is -1.57. The molecule has 2 heterocycles. The maximum absolute atomic E-state index is 14.1. The monoisotopic (exact) mass is 595 g/mol. The first kappa shape index (κ1) is 28.6. The Morgan fingerprint density at radius 2 is 1.93 bits per heavy atom. The van der Waals surface area contributed by atoms with Gasteiger partial charge in [-0.15, -0.1) is 11.3 Å². The number of benzene rings is 3. The number of carbonyl (C=O) groups excluding carboxylic acids is 3. The van der Waals surface area contributed by atoms with Crippen LogP contribution in [0.25, 0.3) is 10.1 Å². The Morgan fingerprint density at radius 1 is 1.16 bits per heavy atom. The number of rotatable bonds is 6. The number of likely N-dealkylation sites (tertiary alicyclic amines) is 1. The van der Waals surface area contributed by atoms with E-state index in [4.69, 9.17) is 21.9 Å². The van der Waals surface area contributed by atoms with E-state index in [9.17, 15) is 14.4 Å². The molecule has 1 aromatic heterocycles. The number of ether oxygens (including phenoxy) is 1. The molecule has 0 saturated carbocycles. The highest BCUT2D eigenvalue weighted by Crippen LogP contribution is 2.49. The number of hydrogen-bond acceptors (Lipinski definition) is 8. The van der Waals surface area contributed by atoms with Crippen LogP contribution in [-0.4, -0.2) is 41.6 Å². The van der Waals surface area contributed by atoms with Crippen molar-refractivity contribution in [3.8, 4) is 11.5 Å². The summed E-state index contributed by atoms with van der Waals surface area (Å²) >= 11 is 1.20. The summed E-state index contributed by atoms with van der Waals surface area (Å²) in [4.78, 5) is 42.0. The summed E-state index contributed by atoms with van der Waals surface area (Å²) in [6, 6.07) is 16.9. The molecule has 43 heavy (non-hydrogen) atoms. The van der Waals surface area contributed by atoms with Gasteiger partial charge in [0.25, 0.3) is 5.91 Å². The van der Waals surface area contributed by atoms with Gasteiger partial charge in [0.1, 0.15) is 17.0 Å². The predicted octanol–water partition coefficient (Wildman–Crippen LogP) is 4.28. The maximum atomic E-state index is 14.1. The van der Waals surface area contributed by atoms with Gasteiger partial charge in [-0.3, -0.25) is 14.4 Å². The van der Waals surface area contributed by atoms with Gasteiger partial charge >= 0.3 is 0 Å². The van der Waals surface area contributed by atoms with Gasteiger partial charge in [-0.1, -0.05) is 36.9 Å². The highest BCUT2D eigenvalue weighted by Gasteiger charge is 2.49. The average molecular weight is 596 g/mol. The largest absolute Gasteiger partial charge is 0.457 e. The fourth-order valence-corrected chi connectivity index (χ4v) is 7.35. The van der Waals surface area contributed by atoms with Gasteiger partial charge in [0.2, 0.25) is 5.91 Å². The molecule has 1 aliphatic heterocycles. The number of para-hydroxylation sites is 1. The van der Waals surface area contributed by atoms with Crippen molar-refractivity contribution >= 4 is 44.7 Å². The number of anilines is 1. The number of nitrogens with two attached hydrogens (primary N) is 3. The quantitative estimate of drug-likeness (QED) is 0.192. The zero-order chi connectivity index (χ0) is 30.5. The summed E-state index contributed by atoms with van der Waals surface area (Å²) in [5.74, 6) is 0.384. The molecule has 0 bridgehead atoms. The van der Waals surface area contributed by atoms with Gasteiger partial charge in [-0.25, -0.2) is 0 Å². The molecule has 6 rings (SSSR count). The third-order valence-corrected chi connectivity index (χ3v) is 9.62. The van der Waals surface area contributed by atoms with Crippen molar-refractivity contribution in [1.82, 2.24) is 10.2 Å². The minimum Gasteiger partial charge on any atom is -0.457 e. The Balaban J connectivity index is 1.39. The number of Topliss-reactive ketones (excluding diaryl/α,β-unsaturated/α-hetero) is 1. The maximum Gasteiger partial charge on any atom is 0.262 e. The summed E-state index contributed by atoms with van der Waals surface area (Å²) in [7, 11) is 0. The topological polar surface area (TPSA) is 154 Å². The molecule has 1 saturated heterocycles. The molecule has 1 fully saturated rings. The van der Waals surface area contributed by atoms with Crippen LogP contribution in [-0.2, 0) is 15.1 Å². The fraction of sp³-hybridized carbons (Fsp3) is 0.242. The van der Waals surface area contributed by atoms with E-state index in [0.29, 0.717) is 61.9 Å². The van der Waals surface area contributed by atoms with E-state index >= 15 is 0 Å². The number of nitrogens with zero attached hydrogens (tertiary/aromatic N) is 1. The van der Waals surface area contributed by atoms with Gasteiger partial charge in [0.15, 0.2) is 5.78 Å². The van der Waals surface area contributed by atoms with E-state index in [1.54, 1.807) is 29.2 Å². The number of thiophene rings is 1. The summed E-state index contributed by atoms with van der Waals surface area (Å²) in [5.41, 5.74) is 21.3. The SMILES string of the molecule is C=CC(=O)N1CCCC(NC(=O)c2sc3c(N)ccc4c3c2C(N)C(=O)C4(N)c2ccc(Oc3ccccc3)c(C)c2)C1. The molecule has 220 valence electrons. The van der Waals surface area contributed by atoms with Gasteiger partial charge in [0, 0.05) is 35.8 Å². The summed E-state index contributed by atoms with van der Waals surface area (Å²) in [6.07, 6.45) is 2.75. The third kappa shape index (κ3) is 4.77. The molecular formula is C33H33N5O4S. The Bertz CT molecular complexity index is 1790. The smallest absolute Gasteiger partial charge is 0.262 e. The number of nitrogens with one attached hydrogen (secondary N) is 1. The van der Waals surface area contributed by atoms with Gasteiger partial charge in [0.05, 0.1) is 15.6 Å². The second-order valence-electron chi connectivity index (χ2n) is 11.1. The molecule has 3 aromatic carbocycles. The number of aryl methyl sites for hydroxylation is 1. The molecule has 0 spiro atoms. The van der Waals surface area contributed by atoms with Crippen LogP contribution in [0.1, 0.15) is 50.8 Å². The van der Waals surface area contributed by atoms with E-state index in [1.807, 2.05) is 43.3 Å². The van der Waals surface area contributed by atoms with Crippen molar-refractivity contribution in [3.63, 3.8) is 0 Å². The number of nitrogen functional groups attached to an aromatic ring is 1. The van der Waals surface area contributed by atoms with Crippen LogP contribution in [0.3, 0.4) is 0 Å². The molecular weight excluding hydrogens is 562 g/mol. The Labute approximate surface area is 253 Å². The first-order valence-electron chi connectivity index (χ1n) is 14.1. The Kier molecular flexibility index (Phi) is 7.29. The molecule has 9 nitrogen and oxygen atoms in total. The van der Waals surface area contributed by atoms with Crippen LogP contribution in [0, 0.1) is 6.92 Å². The molecule has 2 aliphatic rings. The van der Waals surface area contributed by atoms with Gasteiger partial charge < -0.3 is 32.2 Å². The Morgan fingerprint density at radius 3 is 2.65 bits per heavy atom. The molecule has 3 unspecified atom stereocenters. The van der Waals surface area contributed by atoms with E-state index in [0.717, 1.165) is 18.4 Å². The molecule has 2 amide bonds. The molecule has 0 radical (unpaired) electrons. The summed E-state index contributed by atoms with van der Waals surface area (Å²) in [5, 5.41) is 3.69. The lowest BCUT2D eigenvalue weighted by Crippen LogP contribution is -2.53. The number of carbonyl (C=O) groups is 3. The lowest BCUT2D eigenvalue weighted by Gasteiger charge is -2.37. The van der Waals surface area contributed by atoms with Crippen LogP contribution in [0.5, 0.6) is 11.5 Å². The van der Waals surface area contributed by atoms with E-state index in [1.165, 1.54) is 17.4 Å². The van der Waals surface area contributed by atoms with Crippen LogP contribution in [0.15, 0.2) is 73.3 Å². The van der Waals surface area contributed by atoms with E-state index in [-0.39, 0.29) is 17.9 Å². The van der Waals surface area contributed by atoms with E-state index in [2.05, 4.69) is 11.9 Å². The highest BCUT2D eigenvalue weighted by molar-refractivity contribution is 7.21. The van der Waals surface area contributed by atoms with Crippen LogP contribution in [0.4, 0.5) is 5.69 Å². The van der Waals surface area contributed by atoms with Crippen molar-refractivity contribution in [1.29, 1.82) is 0 Å². The van der Waals surface area contributed by atoms with Crippen molar-refractivity contribution in [3.05, 3.63) is 100 Å². The standard InChI is InChI=1S/C33H33N5O4S/c1-3-25(39)38-15-7-8-20(17-38)37-32(41)30-27-26-22(12-13-23(34)29(26)43-30)33(36,31(40)28(27)35)19-11-14-24(18(2)16-19)42-21-9-5-4-6-10-21/h3-6,9-14,16,20,28H,1,7-8,15,17,34-36H2,2H3,(H,37,41). The number of hydrogen-bond donors (Lipinski definition) is 4. The van der Waals surface area contributed by atoms with E-state index < -0.39 is 17.4 Å². The molecule has 4 aromatic rings. The van der Waals surface area contributed by atoms with Gasteiger partial charge in [-0.2, -0.15) is 0 Å².